The van der Waals surface area contributed by atoms with E-state index in [1.807, 2.05) is 31.2 Å². The van der Waals surface area contributed by atoms with Crippen LogP contribution in [0, 0.1) is 18.8 Å². The molecule has 3 heteroatoms. The lowest BCUT2D eigenvalue weighted by Gasteiger charge is -2.09. The monoisotopic (exact) mass is 282 g/mol. The van der Waals surface area contributed by atoms with Crippen LogP contribution in [0.3, 0.4) is 0 Å². The quantitative estimate of drug-likeness (QED) is 0.848. The minimum absolute atomic E-state index is 0.0539. The summed E-state index contributed by atoms with van der Waals surface area (Å²) >= 11 is 0. The number of aliphatic hydroxyl groups excluding tert-OH is 1. The first kappa shape index (κ1) is 15.0. The Kier molecular flexibility index (Phi) is 5.25. The van der Waals surface area contributed by atoms with Gasteiger partial charge in [-0.1, -0.05) is 30.0 Å². The molecule has 0 atom stereocenters. The number of aliphatic hydroxyl groups is 1. The minimum atomic E-state index is 0.0539. The number of phenols is 1. The van der Waals surface area contributed by atoms with Crippen molar-refractivity contribution in [2.45, 2.75) is 20.0 Å². The van der Waals surface area contributed by atoms with Gasteiger partial charge in [0.25, 0.3) is 0 Å². The maximum absolute atomic E-state index is 9.44. The smallest absolute Gasteiger partial charge is 0.135 e. The highest BCUT2D eigenvalue weighted by molar-refractivity contribution is 5.48. The molecule has 0 aliphatic heterocycles. The van der Waals surface area contributed by atoms with Gasteiger partial charge in [-0.15, -0.1) is 0 Å². The SMILES string of the molecule is Cc1ccc(OCc2cccc(O)c2)c(C#CCCO)c1. The van der Waals surface area contributed by atoms with E-state index < -0.39 is 0 Å². The summed E-state index contributed by atoms with van der Waals surface area (Å²) in [4.78, 5) is 0. The van der Waals surface area contributed by atoms with E-state index in [-0.39, 0.29) is 12.4 Å². The van der Waals surface area contributed by atoms with Gasteiger partial charge in [-0.3, -0.25) is 0 Å². The molecule has 2 aromatic carbocycles. The van der Waals surface area contributed by atoms with Crippen LogP contribution in [0.1, 0.15) is 23.1 Å². The Morgan fingerprint density at radius 1 is 1.14 bits per heavy atom. The summed E-state index contributed by atoms with van der Waals surface area (Å²) in [6.07, 6.45) is 0.444. The Morgan fingerprint density at radius 2 is 2.00 bits per heavy atom. The maximum Gasteiger partial charge on any atom is 0.135 e. The van der Waals surface area contributed by atoms with Gasteiger partial charge in [0.2, 0.25) is 0 Å². The highest BCUT2D eigenvalue weighted by Gasteiger charge is 2.03. The second kappa shape index (κ2) is 7.37. The molecule has 0 bridgehead atoms. The van der Waals surface area contributed by atoms with Crippen LogP contribution >= 0.6 is 0 Å². The molecule has 0 aromatic heterocycles. The third kappa shape index (κ3) is 4.55. The van der Waals surface area contributed by atoms with Gasteiger partial charge in [0.15, 0.2) is 0 Å². The molecule has 0 heterocycles. The first-order valence-corrected chi connectivity index (χ1v) is 6.80. The normalized spacial score (nSPS) is 9.81. The fourth-order valence-corrected chi connectivity index (χ4v) is 1.89. The van der Waals surface area contributed by atoms with Crippen molar-refractivity contribution < 1.29 is 14.9 Å². The highest BCUT2D eigenvalue weighted by Crippen LogP contribution is 2.21. The van der Waals surface area contributed by atoms with E-state index >= 15 is 0 Å². The van der Waals surface area contributed by atoms with Crippen molar-refractivity contribution in [2.75, 3.05) is 6.61 Å². The van der Waals surface area contributed by atoms with Crippen LogP contribution in [0.15, 0.2) is 42.5 Å². The molecule has 0 saturated heterocycles. The van der Waals surface area contributed by atoms with Gasteiger partial charge >= 0.3 is 0 Å². The zero-order valence-corrected chi connectivity index (χ0v) is 12.0. The molecular formula is C18H18O3. The van der Waals surface area contributed by atoms with Crippen molar-refractivity contribution in [3.05, 3.63) is 59.2 Å². The fourth-order valence-electron chi connectivity index (χ4n) is 1.89. The minimum Gasteiger partial charge on any atom is -0.508 e. The van der Waals surface area contributed by atoms with Crippen LogP contribution in [-0.4, -0.2) is 16.8 Å². The molecule has 0 radical (unpaired) electrons. The van der Waals surface area contributed by atoms with Gasteiger partial charge in [-0.05, 0) is 42.3 Å². The fraction of sp³-hybridized carbons (Fsp3) is 0.222. The summed E-state index contributed by atoms with van der Waals surface area (Å²) in [5, 5.41) is 18.2. The second-order valence-corrected chi connectivity index (χ2v) is 4.73. The zero-order valence-electron chi connectivity index (χ0n) is 12.0. The van der Waals surface area contributed by atoms with Gasteiger partial charge in [-0.2, -0.15) is 0 Å². The number of ether oxygens (including phenoxy) is 1. The summed E-state index contributed by atoms with van der Waals surface area (Å²) in [7, 11) is 0. The first-order chi connectivity index (χ1) is 10.2. The summed E-state index contributed by atoms with van der Waals surface area (Å²) in [6, 6.07) is 12.8. The van der Waals surface area contributed by atoms with E-state index in [1.165, 1.54) is 0 Å². The van der Waals surface area contributed by atoms with Crippen LogP contribution < -0.4 is 4.74 Å². The Hall–Kier alpha value is -2.44. The van der Waals surface area contributed by atoms with Crippen LogP contribution in [-0.2, 0) is 6.61 Å². The van der Waals surface area contributed by atoms with Gasteiger partial charge < -0.3 is 14.9 Å². The molecule has 0 amide bonds. The molecule has 3 nitrogen and oxygen atoms in total. The second-order valence-electron chi connectivity index (χ2n) is 4.73. The van der Waals surface area contributed by atoms with Crippen LogP contribution in [0.25, 0.3) is 0 Å². The molecule has 21 heavy (non-hydrogen) atoms. The Balaban J connectivity index is 2.14. The van der Waals surface area contributed by atoms with E-state index in [4.69, 9.17) is 9.84 Å². The van der Waals surface area contributed by atoms with E-state index in [9.17, 15) is 5.11 Å². The number of aryl methyl sites for hydroxylation is 1. The molecule has 0 spiro atoms. The molecule has 2 N–H and O–H groups in total. The molecular weight excluding hydrogens is 264 g/mol. The largest absolute Gasteiger partial charge is 0.508 e. The van der Waals surface area contributed by atoms with Crippen molar-refractivity contribution >= 4 is 0 Å². The number of hydrogen-bond acceptors (Lipinski definition) is 3. The molecule has 108 valence electrons. The number of hydrogen-bond donors (Lipinski definition) is 2. The Labute approximate surface area is 124 Å². The third-order valence-corrected chi connectivity index (χ3v) is 2.90. The van der Waals surface area contributed by atoms with E-state index in [0.717, 1.165) is 16.7 Å². The van der Waals surface area contributed by atoms with Crippen molar-refractivity contribution in [2.24, 2.45) is 0 Å². The predicted molar refractivity (Wildman–Crippen MR) is 82.2 cm³/mol. The average Bonchev–Trinajstić information content (AvgIpc) is 2.47. The zero-order chi connectivity index (χ0) is 15.1. The number of phenolic OH excluding ortho intramolecular Hbond substituents is 1. The molecule has 0 aliphatic rings. The molecule has 0 unspecified atom stereocenters. The Morgan fingerprint density at radius 3 is 2.76 bits per heavy atom. The van der Waals surface area contributed by atoms with Crippen molar-refractivity contribution in [3.63, 3.8) is 0 Å². The van der Waals surface area contributed by atoms with Crippen molar-refractivity contribution in [1.29, 1.82) is 0 Å². The topological polar surface area (TPSA) is 49.7 Å². The summed E-state index contributed by atoms with van der Waals surface area (Å²) in [5.74, 6) is 6.85. The summed E-state index contributed by atoms with van der Waals surface area (Å²) in [5.41, 5.74) is 2.81. The molecule has 2 aromatic rings. The summed E-state index contributed by atoms with van der Waals surface area (Å²) < 4.78 is 5.79. The van der Waals surface area contributed by atoms with Gasteiger partial charge in [-0.25, -0.2) is 0 Å². The Bertz CT molecular complexity index is 666. The lowest BCUT2D eigenvalue weighted by molar-refractivity contribution is 0.304. The lowest BCUT2D eigenvalue weighted by atomic mass is 10.1. The highest BCUT2D eigenvalue weighted by atomic mass is 16.5. The predicted octanol–water partition coefficient (Wildman–Crippen LogP) is 3.01. The number of rotatable bonds is 4. The van der Waals surface area contributed by atoms with Crippen LogP contribution in [0.5, 0.6) is 11.5 Å². The van der Waals surface area contributed by atoms with Crippen LogP contribution in [0.2, 0.25) is 0 Å². The third-order valence-electron chi connectivity index (χ3n) is 2.90. The first-order valence-electron chi connectivity index (χ1n) is 6.80. The standard InChI is InChI=1S/C18H18O3/c1-14-8-9-18(16(11-14)6-2-3-10-19)21-13-15-5-4-7-17(20)12-15/h4-5,7-9,11-12,19-20H,3,10,13H2,1H3. The van der Waals surface area contributed by atoms with Gasteiger partial charge in [0, 0.05) is 6.42 Å². The molecule has 0 fully saturated rings. The van der Waals surface area contributed by atoms with E-state index in [2.05, 4.69) is 11.8 Å². The van der Waals surface area contributed by atoms with Crippen molar-refractivity contribution in [1.82, 2.24) is 0 Å². The number of aromatic hydroxyl groups is 1. The van der Waals surface area contributed by atoms with Crippen LogP contribution in [0.4, 0.5) is 0 Å². The maximum atomic E-state index is 9.44. The number of benzene rings is 2. The molecule has 0 aliphatic carbocycles. The summed E-state index contributed by atoms with van der Waals surface area (Å²) in [6.45, 7) is 2.42. The molecule has 2 rings (SSSR count). The van der Waals surface area contributed by atoms with Gasteiger partial charge in [0.1, 0.15) is 18.1 Å². The van der Waals surface area contributed by atoms with Gasteiger partial charge in [0.05, 0.1) is 12.2 Å². The van der Waals surface area contributed by atoms with Crippen molar-refractivity contribution in [3.8, 4) is 23.3 Å². The average molecular weight is 282 g/mol. The molecule has 0 saturated carbocycles. The lowest BCUT2D eigenvalue weighted by Crippen LogP contribution is -1.97. The van der Waals surface area contributed by atoms with E-state index in [1.54, 1.807) is 18.2 Å². The van der Waals surface area contributed by atoms with E-state index in [0.29, 0.717) is 18.8 Å².